The van der Waals surface area contributed by atoms with E-state index in [1.54, 1.807) is 4.90 Å². The highest BCUT2D eigenvalue weighted by Crippen LogP contribution is 2.18. The average molecular weight is 544 g/mol. The Bertz CT molecular complexity index is 701. The summed E-state index contributed by atoms with van der Waals surface area (Å²) in [6, 6.07) is 4.23. The lowest BCUT2D eigenvalue weighted by Crippen LogP contribution is -2.53. The molecule has 1 aromatic rings. The predicted octanol–water partition coefficient (Wildman–Crippen LogP) is 3.32. The lowest BCUT2D eigenvalue weighted by molar-refractivity contribution is 0.0914. The van der Waals surface area contributed by atoms with E-state index in [-0.39, 0.29) is 30.1 Å². The number of carbonyl (C=O) groups is 1. The maximum atomic E-state index is 11.9. The molecule has 2 fully saturated rings. The van der Waals surface area contributed by atoms with E-state index in [9.17, 15) is 4.79 Å². The molecule has 2 saturated heterocycles. The van der Waals surface area contributed by atoms with Crippen LogP contribution in [0.2, 0.25) is 0 Å². The third-order valence-corrected chi connectivity index (χ3v) is 5.59. The van der Waals surface area contributed by atoms with Crippen molar-refractivity contribution < 1.29 is 9.53 Å². The van der Waals surface area contributed by atoms with Crippen molar-refractivity contribution in [3.8, 4) is 0 Å². The van der Waals surface area contributed by atoms with Crippen LogP contribution in [0.1, 0.15) is 45.1 Å². The van der Waals surface area contributed by atoms with Crippen LogP contribution in [-0.2, 0) is 11.3 Å². The zero-order valence-corrected chi connectivity index (χ0v) is 21.2. The first-order valence-corrected chi connectivity index (χ1v) is 11.4. The molecule has 31 heavy (non-hydrogen) atoms. The summed E-state index contributed by atoms with van der Waals surface area (Å²) >= 11 is 0. The Morgan fingerprint density at radius 1 is 1.06 bits per heavy atom. The van der Waals surface area contributed by atoms with Gasteiger partial charge in [-0.3, -0.25) is 0 Å². The van der Waals surface area contributed by atoms with Gasteiger partial charge in [-0.15, -0.1) is 24.0 Å². The summed E-state index contributed by atoms with van der Waals surface area (Å²) in [5.41, 5.74) is 1.17. The molecule has 0 saturated carbocycles. The Morgan fingerprint density at radius 3 is 2.39 bits per heavy atom. The number of hydrogen-bond acceptors (Lipinski definition) is 5. The molecule has 3 rings (SSSR count). The first-order chi connectivity index (χ1) is 14.7. The molecule has 1 amide bonds. The Hall–Kier alpha value is -1.78. The van der Waals surface area contributed by atoms with Gasteiger partial charge < -0.3 is 24.8 Å². The fourth-order valence-corrected chi connectivity index (χ4v) is 3.94. The number of pyridine rings is 1. The van der Waals surface area contributed by atoms with Crippen LogP contribution in [-0.4, -0.2) is 79.3 Å². The number of hydrogen-bond donors (Lipinski definition) is 1. The van der Waals surface area contributed by atoms with Gasteiger partial charge in [0, 0.05) is 52.0 Å². The molecule has 8 nitrogen and oxygen atoms in total. The number of piperazine rings is 1. The maximum Gasteiger partial charge on any atom is 0.409 e. The second-order valence-corrected chi connectivity index (χ2v) is 7.77. The quantitative estimate of drug-likeness (QED) is 0.349. The fourth-order valence-electron chi connectivity index (χ4n) is 3.94. The lowest BCUT2D eigenvalue weighted by Gasteiger charge is -2.35. The molecule has 1 N–H and O–H groups in total. The van der Waals surface area contributed by atoms with Crippen LogP contribution >= 0.6 is 24.0 Å². The van der Waals surface area contributed by atoms with Crippen LogP contribution in [0.5, 0.6) is 0 Å². The number of nitrogens with zero attached hydrogens (tertiary/aromatic N) is 5. The second-order valence-electron chi connectivity index (χ2n) is 7.77. The number of nitrogens with one attached hydrogen (secondary N) is 1. The summed E-state index contributed by atoms with van der Waals surface area (Å²) in [6.07, 6.45) is 6.79. The van der Waals surface area contributed by atoms with Gasteiger partial charge in [0.2, 0.25) is 0 Å². The number of amides is 1. The Kier molecular flexibility index (Phi) is 11.2. The van der Waals surface area contributed by atoms with E-state index in [1.165, 1.54) is 31.2 Å². The summed E-state index contributed by atoms with van der Waals surface area (Å²) in [5, 5.41) is 3.39. The average Bonchev–Trinajstić information content (AvgIpc) is 3.07. The van der Waals surface area contributed by atoms with Crippen molar-refractivity contribution in [1.29, 1.82) is 0 Å². The summed E-state index contributed by atoms with van der Waals surface area (Å²) in [7, 11) is 0. The highest BCUT2D eigenvalue weighted by atomic mass is 127. The minimum absolute atomic E-state index is 0. The number of aliphatic imine (C=N–C) groups is 1. The van der Waals surface area contributed by atoms with Gasteiger partial charge in [0.15, 0.2) is 5.96 Å². The molecule has 1 aromatic heterocycles. The van der Waals surface area contributed by atoms with Crippen LogP contribution in [0.25, 0.3) is 0 Å². The molecule has 3 heterocycles. The molecule has 9 heteroatoms. The van der Waals surface area contributed by atoms with Crippen LogP contribution in [0.3, 0.4) is 0 Å². The molecule has 174 valence electrons. The van der Waals surface area contributed by atoms with Gasteiger partial charge in [-0.25, -0.2) is 14.8 Å². The smallest absolute Gasteiger partial charge is 0.409 e. The van der Waals surface area contributed by atoms with E-state index < -0.39 is 0 Å². The van der Waals surface area contributed by atoms with E-state index in [2.05, 4.69) is 33.1 Å². The fraction of sp³-hybridized carbons (Fsp3) is 0.682. The number of guanidine groups is 1. The van der Waals surface area contributed by atoms with Gasteiger partial charge in [0.1, 0.15) is 5.82 Å². The third-order valence-electron chi connectivity index (χ3n) is 5.59. The number of carbonyl (C=O) groups excluding carboxylic acids is 1. The molecule has 0 atom stereocenters. The third kappa shape index (κ3) is 7.69. The van der Waals surface area contributed by atoms with Crippen molar-refractivity contribution in [3.05, 3.63) is 23.9 Å². The number of rotatable bonds is 5. The molecule has 2 aliphatic rings. The molecule has 0 unspecified atom stereocenters. The molecular weight excluding hydrogens is 507 g/mol. The topological polar surface area (TPSA) is 73.3 Å². The lowest BCUT2D eigenvalue weighted by atomic mass is 10.2. The van der Waals surface area contributed by atoms with Crippen LogP contribution < -0.4 is 10.2 Å². The second kappa shape index (κ2) is 13.6. The molecule has 0 spiro atoms. The molecule has 0 bridgehead atoms. The monoisotopic (exact) mass is 544 g/mol. The summed E-state index contributed by atoms with van der Waals surface area (Å²) in [5.74, 6) is 1.96. The van der Waals surface area contributed by atoms with Crippen molar-refractivity contribution in [2.75, 3.05) is 57.3 Å². The van der Waals surface area contributed by atoms with Crippen molar-refractivity contribution in [1.82, 2.24) is 20.1 Å². The van der Waals surface area contributed by atoms with Crippen LogP contribution in [0.4, 0.5) is 10.6 Å². The minimum atomic E-state index is -0.225. The van der Waals surface area contributed by atoms with Gasteiger partial charge in [-0.05, 0) is 44.4 Å². The van der Waals surface area contributed by atoms with E-state index in [0.717, 1.165) is 44.5 Å². The van der Waals surface area contributed by atoms with Gasteiger partial charge in [0.05, 0.1) is 13.2 Å². The first kappa shape index (κ1) is 25.5. The normalized spacial score (nSPS) is 17.6. The Labute approximate surface area is 203 Å². The van der Waals surface area contributed by atoms with Crippen molar-refractivity contribution in [3.63, 3.8) is 0 Å². The van der Waals surface area contributed by atoms with Crippen molar-refractivity contribution in [2.45, 2.75) is 46.1 Å². The molecule has 0 aromatic carbocycles. The summed E-state index contributed by atoms with van der Waals surface area (Å²) in [4.78, 5) is 27.8. The SMILES string of the molecule is CCNC(=NCc1ccnc(N2CCCCCC2)c1)N1CCN(C(=O)OCC)CC1.I. The van der Waals surface area contributed by atoms with Gasteiger partial charge in [0.25, 0.3) is 0 Å². The molecule has 0 aliphatic carbocycles. The number of halogens is 1. The molecule has 0 radical (unpaired) electrons. The van der Waals surface area contributed by atoms with E-state index in [1.807, 2.05) is 19.2 Å². The van der Waals surface area contributed by atoms with Crippen LogP contribution in [0.15, 0.2) is 23.3 Å². The summed E-state index contributed by atoms with van der Waals surface area (Å²) < 4.78 is 5.11. The van der Waals surface area contributed by atoms with E-state index >= 15 is 0 Å². The van der Waals surface area contributed by atoms with Gasteiger partial charge in [-0.1, -0.05) is 12.8 Å². The highest BCUT2D eigenvalue weighted by molar-refractivity contribution is 14.0. The number of aromatic nitrogens is 1. The van der Waals surface area contributed by atoms with E-state index in [0.29, 0.717) is 26.2 Å². The Morgan fingerprint density at radius 2 is 1.74 bits per heavy atom. The predicted molar refractivity (Wildman–Crippen MR) is 135 cm³/mol. The van der Waals surface area contributed by atoms with Gasteiger partial charge in [-0.2, -0.15) is 0 Å². The zero-order chi connectivity index (χ0) is 21.2. The van der Waals surface area contributed by atoms with Gasteiger partial charge >= 0.3 is 6.09 Å². The Balaban J connectivity index is 0.00000341. The van der Waals surface area contributed by atoms with E-state index in [4.69, 9.17) is 9.73 Å². The summed E-state index contributed by atoms with van der Waals surface area (Å²) in [6.45, 7) is 10.7. The van der Waals surface area contributed by atoms with Crippen LogP contribution in [0, 0.1) is 0 Å². The zero-order valence-electron chi connectivity index (χ0n) is 18.9. The first-order valence-electron chi connectivity index (χ1n) is 11.4. The number of anilines is 1. The number of ether oxygens (including phenoxy) is 1. The highest BCUT2D eigenvalue weighted by Gasteiger charge is 2.23. The molecule has 2 aliphatic heterocycles. The minimum Gasteiger partial charge on any atom is -0.450 e. The molecular formula is C22H37IN6O2. The van der Waals surface area contributed by atoms with Crippen molar-refractivity contribution in [2.24, 2.45) is 4.99 Å². The largest absolute Gasteiger partial charge is 0.450 e. The maximum absolute atomic E-state index is 11.9. The van der Waals surface area contributed by atoms with Crippen molar-refractivity contribution >= 4 is 41.8 Å². The standard InChI is InChI=1S/C22H36N6O2.HI/c1-3-23-21(27-13-15-28(16-14-27)22(29)30-4-2)25-18-19-9-10-24-20(17-19)26-11-7-5-6-8-12-26;/h9-10,17H,3-8,11-16,18H2,1-2H3,(H,23,25);1H.